The molecule has 6 nitrogen and oxygen atoms in total. The van der Waals surface area contributed by atoms with Crippen molar-refractivity contribution in [3.05, 3.63) is 22.9 Å². The summed E-state index contributed by atoms with van der Waals surface area (Å²) in [5.74, 6) is -1.69. The first-order valence-corrected chi connectivity index (χ1v) is 6.48. The van der Waals surface area contributed by atoms with Crippen LogP contribution in [0.3, 0.4) is 0 Å². The number of carbonyl (C=O) groups excluding carboxylic acids is 1. The molecule has 110 valence electrons. The molecule has 1 aromatic rings. The summed E-state index contributed by atoms with van der Waals surface area (Å²) in [5, 5.41) is 12.1. The van der Waals surface area contributed by atoms with Gasteiger partial charge in [0.05, 0.1) is 11.5 Å². The van der Waals surface area contributed by atoms with Gasteiger partial charge in [-0.05, 0) is 31.4 Å². The molecule has 4 N–H and O–H groups in total. The minimum Gasteiger partial charge on any atom is -0.481 e. The number of nitrogens with zero attached hydrogens (tertiary/aromatic N) is 1. The van der Waals surface area contributed by atoms with Crippen LogP contribution >= 0.6 is 0 Å². The molecule has 20 heavy (non-hydrogen) atoms. The lowest BCUT2D eigenvalue weighted by atomic mass is 9.96. The Morgan fingerprint density at radius 3 is 2.45 bits per heavy atom. The number of aromatic nitrogens is 1. The zero-order valence-electron chi connectivity index (χ0n) is 12.2. The first-order chi connectivity index (χ1) is 9.23. The van der Waals surface area contributed by atoms with E-state index in [-0.39, 0.29) is 12.5 Å². The van der Waals surface area contributed by atoms with Crippen LogP contribution in [0.1, 0.15) is 35.5 Å². The van der Waals surface area contributed by atoms with Crippen molar-refractivity contribution in [2.45, 2.75) is 27.7 Å². The molecule has 1 unspecified atom stereocenters. The number of anilines is 1. The third-order valence-corrected chi connectivity index (χ3v) is 3.20. The number of carboxylic acids is 1. The number of aliphatic carboxylic acids is 1. The Labute approximate surface area is 118 Å². The van der Waals surface area contributed by atoms with E-state index in [0.29, 0.717) is 11.4 Å². The van der Waals surface area contributed by atoms with Crippen molar-refractivity contribution in [2.24, 2.45) is 17.6 Å². The maximum atomic E-state index is 11.5. The van der Waals surface area contributed by atoms with Gasteiger partial charge < -0.3 is 16.2 Å². The number of carboxylic acid groups (broad SMARTS) is 1. The predicted molar refractivity (Wildman–Crippen MR) is 76.7 cm³/mol. The van der Waals surface area contributed by atoms with Gasteiger partial charge in [0.1, 0.15) is 5.82 Å². The third-order valence-electron chi connectivity index (χ3n) is 3.20. The molecule has 0 radical (unpaired) electrons. The number of hydrogen-bond acceptors (Lipinski definition) is 4. The monoisotopic (exact) mass is 279 g/mol. The van der Waals surface area contributed by atoms with Crippen molar-refractivity contribution >= 4 is 17.7 Å². The molecule has 1 rings (SSSR count). The minimum absolute atomic E-state index is 0.0251. The van der Waals surface area contributed by atoms with E-state index in [1.165, 1.54) is 0 Å². The zero-order valence-corrected chi connectivity index (χ0v) is 12.2. The number of nitrogens with two attached hydrogens (primary N) is 1. The number of amides is 1. The fourth-order valence-corrected chi connectivity index (χ4v) is 2.09. The minimum atomic E-state index is -0.877. The van der Waals surface area contributed by atoms with E-state index in [1.54, 1.807) is 19.9 Å². The number of carbonyl (C=O) groups is 2. The van der Waals surface area contributed by atoms with Gasteiger partial charge >= 0.3 is 5.97 Å². The molecule has 1 atom stereocenters. The molecular formula is C14H21N3O3. The summed E-state index contributed by atoms with van der Waals surface area (Å²) >= 11 is 0. The molecule has 0 spiro atoms. The molecule has 0 aliphatic heterocycles. The fraction of sp³-hybridized carbons (Fsp3) is 0.500. The number of pyridine rings is 1. The first-order valence-electron chi connectivity index (χ1n) is 6.48. The van der Waals surface area contributed by atoms with E-state index in [1.807, 2.05) is 13.8 Å². The van der Waals surface area contributed by atoms with Crippen molar-refractivity contribution in [2.75, 3.05) is 11.9 Å². The lowest BCUT2D eigenvalue weighted by Crippen LogP contribution is -2.29. The summed E-state index contributed by atoms with van der Waals surface area (Å²) in [4.78, 5) is 26.9. The highest BCUT2D eigenvalue weighted by Gasteiger charge is 2.22. The molecule has 0 bridgehead atoms. The normalized spacial score (nSPS) is 12.2. The molecule has 1 aromatic heterocycles. The molecule has 1 amide bonds. The summed E-state index contributed by atoms with van der Waals surface area (Å²) in [6.45, 7) is 7.45. The molecule has 0 saturated heterocycles. The molecule has 0 fully saturated rings. The fourth-order valence-electron chi connectivity index (χ4n) is 2.09. The molecule has 1 heterocycles. The average Bonchev–Trinajstić information content (AvgIpc) is 2.26. The van der Waals surface area contributed by atoms with Crippen LogP contribution in [0, 0.1) is 25.7 Å². The van der Waals surface area contributed by atoms with Crippen molar-refractivity contribution < 1.29 is 14.7 Å². The SMILES string of the molecule is Cc1cc(C)c(C(N)=O)c(NCC(C(=O)O)C(C)C)n1. The Bertz CT molecular complexity index is 527. The Morgan fingerprint density at radius 2 is 2.00 bits per heavy atom. The number of aryl methyl sites for hydroxylation is 2. The predicted octanol–water partition coefficient (Wildman–Crippen LogP) is 1.57. The quantitative estimate of drug-likeness (QED) is 0.733. The van der Waals surface area contributed by atoms with Gasteiger partial charge in [0.15, 0.2) is 0 Å². The van der Waals surface area contributed by atoms with Crippen LogP contribution in [-0.4, -0.2) is 28.5 Å². The number of hydrogen-bond donors (Lipinski definition) is 3. The van der Waals surface area contributed by atoms with Crippen LogP contribution in [0.15, 0.2) is 6.07 Å². The van der Waals surface area contributed by atoms with E-state index < -0.39 is 17.8 Å². The molecule has 0 aliphatic rings. The summed E-state index contributed by atoms with van der Waals surface area (Å²) < 4.78 is 0. The smallest absolute Gasteiger partial charge is 0.308 e. The standard InChI is InChI=1S/C14H21N3O3/c1-7(2)10(14(19)20)6-16-13-11(12(15)18)8(3)5-9(4)17-13/h5,7,10H,6H2,1-4H3,(H2,15,18)(H,16,17)(H,19,20). The number of primary amides is 1. The number of nitrogens with one attached hydrogen (secondary N) is 1. The van der Waals surface area contributed by atoms with Crippen LogP contribution in [-0.2, 0) is 4.79 Å². The Hall–Kier alpha value is -2.11. The Morgan fingerprint density at radius 1 is 1.40 bits per heavy atom. The Kier molecular flexibility index (Phi) is 5.07. The van der Waals surface area contributed by atoms with Gasteiger partial charge in [0.2, 0.25) is 0 Å². The van der Waals surface area contributed by atoms with Gasteiger partial charge in [-0.25, -0.2) is 4.98 Å². The molecule has 0 aromatic carbocycles. The van der Waals surface area contributed by atoms with Gasteiger partial charge in [0, 0.05) is 12.2 Å². The molecule has 6 heteroatoms. The van der Waals surface area contributed by atoms with Crippen molar-refractivity contribution in [3.8, 4) is 0 Å². The van der Waals surface area contributed by atoms with Gasteiger partial charge in [-0.3, -0.25) is 9.59 Å². The lowest BCUT2D eigenvalue weighted by molar-refractivity contribution is -0.142. The van der Waals surface area contributed by atoms with E-state index in [9.17, 15) is 9.59 Å². The highest BCUT2D eigenvalue weighted by atomic mass is 16.4. The average molecular weight is 279 g/mol. The van der Waals surface area contributed by atoms with Crippen LogP contribution in [0.2, 0.25) is 0 Å². The maximum absolute atomic E-state index is 11.5. The van der Waals surface area contributed by atoms with E-state index in [0.717, 1.165) is 11.3 Å². The van der Waals surface area contributed by atoms with Gasteiger partial charge in [-0.15, -0.1) is 0 Å². The third kappa shape index (κ3) is 3.69. The summed E-state index contributed by atoms with van der Waals surface area (Å²) in [5.41, 5.74) is 7.13. The van der Waals surface area contributed by atoms with Crippen LogP contribution < -0.4 is 11.1 Å². The summed E-state index contributed by atoms with van der Waals surface area (Å²) in [6.07, 6.45) is 0. The highest BCUT2D eigenvalue weighted by Crippen LogP contribution is 2.20. The Balaban J connectivity index is 3.03. The highest BCUT2D eigenvalue weighted by molar-refractivity contribution is 5.99. The van der Waals surface area contributed by atoms with E-state index >= 15 is 0 Å². The number of rotatable bonds is 6. The maximum Gasteiger partial charge on any atom is 0.308 e. The second-order valence-corrected chi connectivity index (χ2v) is 5.24. The first kappa shape index (κ1) is 15.9. The topological polar surface area (TPSA) is 105 Å². The lowest BCUT2D eigenvalue weighted by Gasteiger charge is -2.19. The van der Waals surface area contributed by atoms with Crippen LogP contribution in [0.25, 0.3) is 0 Å². The van der Waals surface area contributed by atoms with Crippen molar-refractivity contribution in [3.63, 3.8) is 0 Å². The van der Waals surface area contributed by atoms with Gasteiger partial charge in [0.25, 0.3) is 5.91 Å². The largest absolute Gasteiger partial charge is 0.481 e. The summed E-state index contributed by atoms with van der Waals surface area (Å²) in [6, 6.07) is 1.77. The van der Waals surface area contributed by atoms with E-state index in [2.05, 4.69) is 10.3 Å². The summed E-state index contributed by atoms with van der Waals surface area (Å²) in [7, 11) is 0. The second kappa shape index (κ2) is 6.36. The van der Waals surface area contributed by atoms with Crippen molar-refractivity contribution in [1.82, 2.24) is 4.98 Å². The second-order valence-electron chi connectivity index (χ2n) is 5.24. The van der Waals surface area contributed by atoms with Gasteiger partial charge in [-0.2, -0.15) is 0 Å². The van der Waals surface area contributed by atoms with Gasteiger partial charge in [-0.1, -0.05) is 13.8 Å². The van der Waals surface area contributed by atoms with Crippen molar-refractivity contribution in [1.29, 1.82) is 0 Å². The molecular weight excluding hydrogens is 258 g/mol. The van der Waals surface area contributed by atoms with Crippen LogP contribution in [0.4, 0.5) is 5.82 Å². The zero-order chi connectivity index (χ0) is 15.4. The van der Waals surface area contributed by atoms with Crippen LogP contribution in [0.5, 0.6) is 0 Å². The molecule has 0 saturated carbocycles. The molecule has 0 aliphatic carbocycles. The van der Waals surface area contributed by atoms with E-state index in [4.69, 9.17) is 10.8 Å².